The molecule has 12 heavy (non-hydrogen) atoms. The quantitative estimate of drug-likeness (QED) is 0.387. The monoisotopic (exact) mass is 178 g/mol. The Labute approximate surface area is 70.2 Å². The Balaban J connectivity index is 2.39. The lowest BCUT2D eigenvalue weighted by atomic mass is 10.0. The van der Waals surface area contributed by atoms with Gasteiger partial charge in [0.2, 0.25) is 0 Å². The molecule has 4 atom stereocenters. The van der Waals surface area contributed by atoms with Gasteiger partial charge < -0.3 is 25.2 Å². The van der Waals surface area contributed by atoms with Crippen molar-refractivity contribution in [3.8, 4) is 0 Å². The van der Waals surface area contributed by atoms with E-state index in [1.165, 1.54) is 0 Å². The molecule has 0 bridgehead atoms. The third-order valence-corrected chi connectivity index (χ3v) is 2.02. The second-order valence-electron chi connectivity index (χ2n) is 2.99. The summed E-state index contributed by atoms with van der Waals surface area (Å²) in [6.07, 6.45) is -3.15. The van der Waals surface area contributed by atoms with Crippen LogP contribution in [0.25, 0.3) is 0 Å². The van der Waals surface area contributed by atoms with Gasteiger partial charge in [-0.25, -0.2) is 0 Å². The summed E-state index contributed by atoms with van der Waals surface area (Å²) in [6, 6.07) is 0. The first kappa shape index (κ1) is 9.88. The molecule has 5 nitrogen and oxygen atoms in total. The van der Waals surface area contributed by atoms with E-state index in [1.54, 1.807) is 0 Å². The first-order chi connectivity index (χ1) is 5.65. The summed E-state index contributed by atoms with van der Waals surface area (Å²) in [5, 5.41) is 35.9. The van der Waals surface area contributed by atoms with Crippen molar-refractivity contribution in [3.63, 3.8) is 0 Å². The number of hydrogen-bond acceptors (Lipinski definition) is 5. The maximum absolute atomic E-state index is 9.17. The topological polar surface area (TPSA) is 90.2 Å². The zero-order chi connectivity index (χ0) is 9.14. The van der Waals surface area contributed by atoms with Gasteiger partial charge in [-0.1, -0.05) is 0 Å². The van der Waals surface area contributed by atoms with E-state index in [2.05, 4.69) is 0 Å². The predicted octanol–water partition coefficient (Wildman–Crippen LogP) is -2.15. The van der Waals surface area contributed by atoms with E-state index in [1.807, 2.05) is 0 Å². The molecule has 72 valence electrons. The van der Waals surface area contributed by atoms with Crippen molar-refractivity contribution in [3.05, 3.63) is 0 Å². The molecule has 0 amide bonds. The van der Waals surface area contributed by atoms with Crippen LogP contribution in [0.15, 0.2) is 0 Å². The van der Waals surface area contributed by atoms with E-state index < -0.39 is 31.0 Å². The van der Waals surface area contributed by atoms with Crippen LogP contribution in [-0.4, -0.2) is 58.1 Å². The van der Waals surface area contributed by atoms with Gasteiger partial charge in [-0.05, 0) is 0 Å². The second kappa shape index (κ2) is 4.15. The van der Waals surface area contributed by atoms with E-state index in [0.29, 0.717) is 0 Å². The van der Waals surface area contributed by atoms with Gasteiger partial charge >= 0.3 is 0 Å². The average molecular weight is 178 g/mol. The molecule has 0 aliphatic carbocycles. The van der Waals surface area contributed by atoms with Crippen LogP contribution >= 0.6 is 0 Å². The van der Waals surface area contributed by atoms with Crippen molar-refractivity contribution in [2.45, 2.75) is 30.8 Å². The molecule has 1 fully saturated rings. The van der Waals surface area contributed by atoms with Crippen LogP contribution in [0.1, 0.15) is 6.42 Å². The summed E-state index contributed by atoms with van der Waals surface area (Å²) in [5.74, 6) is 0. The summed E-state index contributed by atoms with van der Waals surface area (Å²) >= 11 is 0. The molecule has 1 aliphatic rings. The van der Waals surface area contributed by atoms with E-state index in [0.717, 1.165) is 0 Å². The second-order valence-corrected chi connectivity index (χ2v) is 2.99. The molecule has 0 saturated carbocycles. The summed E-state index contributed by atoms with van der Waals surface area (Å²) in [5.41, 5.74) is 0. The van der Waals surface area contributed by atoms with Gasteiger partial charge in [0.1, 0.15) is 12.2 Å². The van der Waals surface area contributed by atoms with E-state index in [-0.39, 0.29) is 13.0 Å². The van der Waals surface area contributed by atoms with Crippen molar-refractivity contribution in [1.29, 1.82) is 0 Å². The van der Waals surface area contributed by atoms with Crippen molar-refractivity contribution in [2.75, 3.05) is 13.2 Å². The molecule has 4 unspecified atom stereocenters. The zero-order valence-corrected chi connectivity index (χ0v) is 6.63. The summed E-state index contributed by atoms with van der Waals surface area (Å²) < 4.78 is 4.99. The van der Waals surface area contributed by atoms with Gasteiger partial charge in [0.05, 0.1) is 25.4 Å². The van der Waals surface area contributed by atoms with Crippen LogP contribution in [0.4, 0.5) is 0 Å². The highest BCUT2D eigenvalue weighted by atomic mass is 16.5. The van der Waals surface area contributed by atoms with Crippen LogP contribution in [0.3, 0.4) is 0 Å². The predicted molar refractivity (Wildman–Crippen MR) is 39.5 cm³/mol. The number of hydrogen-bond donors (Lipinski definition) is 4. The number of aliphatic hydroxyl groups excluding tert-OH is 4. The van der Waals surface area contributed by atoms with Crippen molar-refractivity contribution >= 4 is 0 Å². The number of aliphatic hydroxyl groups is 4. The summed E-state index contributed by atoms with van der Waals surface area (Å²) in [4.78, 5) is 0. The molecule has 0 aromatic rings. The Morgan fingerprint density at radius 3 is 2.50 bits per heavy atom. The van der Waals surface area contributed by atoms with Crippen LogP contribution in [0, 0.1) is 0 Å². The van der Waals surface area contributed by atoms with Crippen molar-refractivity contribution in [2.24, 2.45) is 0 Å². The molecule has 1 heterocycles. The van der Waals surface area contributed by atoms with E-state index in [9.17, 15) is 0 Å². The Bertz CT molecular complexity index is 140. The first-order valence-corrected chi connectivity index (χ1v) is 3.91. The van der Waals surface area contributed by atoms with Gasteiger partial charge in [-0.3, -0.25) is 0 Å². The molecular formula is C7H14O5. The maximum Gasteiger partial charge on any atom is 0.103 e. The lowest BCUT2D eigenvalue weighted by Gasteiger charge is -2.32. The normalized spacial score (nSPS) is 39.5. The summed E-state index contributed by atoms with van der Waals surface area (Å²) in [7, 11) is 0. The molecule has 0 aromatic carbocycles. The molecule has 1 saturated heterocycles. The molecule has 0 spiro atoms. The Kier molecular flexibility index (Phi) is 3.42. The Morgan fingerprint density at radius 2 is 2.00 bits per heavy atom. The fourth-order valence-electron chi connectivity index (χ4n) is 1.18. The Hall–Kier alpha value is -0.200. The first-order valence-electron chi connectivity index (χ1n) is 3.91. The van der Waals surface area contributed by atoms with Gasteiger partial charge in [-0.2, -0.15) is 0 Å². The number of ether oxygens (including phenoxy) is 1. The number of rotatable bonds is 2. The summed E-state index contributed by atoms with van der Waals surface area (Å²) in [6.45, 7) is -0.392. The minimum Gasteiger partial charge on any atom is -0.394 e. The highest BCUT2D eigenvalue weighted by Crippen LogP contribution is 2.16. The zero-order valence-electron chi connectivity index (χ0n) is 6.63. The van der Waals surface area contributed by atoms with E-state index >= 15 is 0 Å². The van der Waals surface area contributed by atoms with Crippen LogP contribution in [0.5, 0.6) is 0 Å². The van der Waals surface area contributed by atoms with Gasteiger partial charge in [0, 0.05) is 6.42 Å². The fraction of sp³-hybridized carbons (Fsp3) is 1.00. The largest absolute Gasteiger partial charge is 0.394 e. The third kappa shape index (κ3) is 2.15. The standard InChI is InChI=1S/C7H14O5/c8-2-5(10)7-1-4(9)6(11)3-12-7/h4-11H,1-3H2. The minimum atomic E-state index is -0.979. The lowest BCUT2D eigenvalue weighted by molar-refractivity contribution is -0.156. The van der Waals surface area contributed by atoms with Crippen LogP contribution in [0.2, 0.25) is 0 Å². The minimum absolute atomic E-state index is 0.00287. The maximum atomic E-state index is 9.17. The van der Waals surface area contributed by atoms with Gasteiger partial charge in [-0.15, -0.1) is 0 Å². The highest BCUT2D eigenvalue weighted by molar-refractivity contribution is 4.81. The van der Waals surface area contributed by atoms with Crippen LogP contribution in [-0.2, 0) is 4.74 Å². The molecule has 1 rings (SSSR count). The molecule has 0 radical (unpaired) electrons. The highest BCUT2D eigenvalue weighted by Gasteiger charge is 2.31. The van der Waals surface area contributed by atoms with Crippen molar-refractivity contribution < 1.29 is 25.2 Å². The lowest BCUT2D eigenvalue weighted by Crippen LogP contribution is -2.46. The van der Waals surface area contributed by atoms with Crippen molar-refractivity contribution in [1.82, 2.24) is 0 Å². The van der Waals surface area contributed by atoms with Gasteiger partial charge in [0.15, 0.2) is 0 Å². The Morgan fingerprint density at radius 1 is 1.33 bits per heavy atom. The molecule has 0 aromatic heterocycles. The average Bonchev–Trinajstić information content (AvgIpc) is 2.08. The molecule has 5 heteroatoms. The van der Waals surface area contributed by atoms with E-state index in [4.69, 9.17) is 25.2 Å². The fourth-order valence-corrected chi connectivity index (χ4v) is 1.18. The molecule has 1 aliphatic heterocycles. The van der Waals surface area contributed by atoms with Gasteiger partial charge in [0.25, 0.3) is 0 Å². The smallest absolute Gasteiger partial charge is 0.103 e. The van der Waals surface area contributed by atoms with Crippen LogP contribution < -0.4 is 0 Å². The third-order valence-electron chi connectivity index (χ3n) is 2.02. The molecular weight excluding hydrogens is 164 g/mol. The SMILES string of the molecule is OCC(O)C1CC(O)C(O)CO1. The molecule has 4 N–H and O–H groups in total.